The van der Waals surface area contributed by atoms with Gasteiger partial charge in [-0.25, -0.2) is 4.98 Å². The number of halogens is 3. The normalized spacial score (nSPS) is 25.7. The van der Waals surface area contributed by atoms with Gasteiger partial charge in [-0.05, 0) is 73.4 Å². The molecule has 2 saturated carbocycles. The van der Waals surface area contributed by atoms with E-state index in [1.807, 2.05) is 29.8 Å². The molecule has 0 unspecified atom stereocenters. The van der Waals surface area contributed by atoms with Crippen molar-refractivity contribution in [3.8, 4) is 11.5 Å². The Bertz CT molecular complexity index is 1470. The first kappa shape index (κ1) is 25.1. The number of oxazole rings is 1. The maximum Gasteiger partial charge on any atom is 0.420 e. The summed E-state index contributed by atoms with van der Waals surface area (Å²) in [7, 11) is 1.92. The molecule has 2 aliphatic rings. The van der Waals surface area contributed by atoms with Crippen LogP contribution in [-0.2, 0) is 25.2 Å². The smallest absolute Gasteiger partial charge is 0.420 e. The molecule has 2 aromatic carbocycles. The number of fused-ring (bicyclic) bond motifs is 1. The second-order valence-corrected chi connectivity index (χ2v) is 10.9. The number of hydrogen-bond donors (Lipinski definition) is 2. The molecule has 2 atom stereocenters. The lowest BCUT2D eigenvalue weighted by molar-refractivity contribution is -0.136. The summed E-state index contributed by atoms with van der Waals surface area (Å²) in [6.07, 6.45) is 0.813. The van der Waals surface area contributed by atoms with Gasteiger partial charge < -0.3 is 19.4 Å². The molecule has 6 rings (SSSR count). The minimum absolute atomic E-state index is 0.119. The molecule has 2 N–H and O–H groups in total. The Morgan fingerprint density at radius 1 is 1.18 bits per heavy atom. The average molecular weight is 526 g/mol. The van der Waals surface area contributed by atoms with Gasteiger partial charge in [-0.1, -0.05) is 19.1 Å². The lowest BCUT2D eigenvalue weighted by atomic mass is 9.58. The molecule has 38 heavy (non-hydrogen) atoms. The van der Waals surface area contributed by atoms with Crippen molar-refractivity contribution in [2.24, 2.45) is 13.0 Å². The van der Waals surface area contributed by atoms with E-state index < -0.39 is 17.8 Å². The summed E-state index contributed by atoms with van der Waals surface area (Å²) in [5, 5.41) is 21.7. The van der Waals surface area contributed by atoms with Crippen molar-refractivity contribution < 1.29 is 22.7 Å². The Morgan fingerprint density at radius 2 is 2.00 bits per heavy atom. The predicted octanol–water partition coefficient (Wildman–Crippen LogP) is 5.36. The number of nitrogens with zero attached hydrogens (tertiary/aromatic N) is 4. The Morgan fingerprint density at radius 3 is 2.66 bits per heavy atom. The number of benzene rings is 2. The van der Waals surface area contributed by atoms with E-state index in [0.29, 0.717) is 23.5 Å². The summed E-state index contributed by atoms with van der Waals surface area (Å²) in [6.45, 7) is 2.40. The van der Waals surface area contributed by atoms with Gasteiger partial charge in [-0.2, -0.15) is 13.2 Å². The highest BCUT2D eigenvalue weighted by molar-refractivity contribution is 5.81. The average Bonchev–Trinajstić information content (AvgIpc) is 3.59. The number of aliphatic hydroxyl groups is 1. The molecule has 7 nitrogen and oxygen atoms in total. The van der Waals surface area contributed by atoms with Crippen LogP contribution in [0.5, 0.6) is 0 Å². The van der Waals surface area contributed by atoms with E-state index in [9.17, 15) is 18.3 Å². The third-order valence-corrected chi connectivity index (χ3v) is 8.10. The minimum atomic E-state index is -4.60. The number of aromatic nitrogens is 4. The van der Waals surface area contributed by atoms with Gasteiger partial charge in [-0.15, -0.1) is 10.2 Å². The Balaban J connectivity index is 1.37. The van der Waals surface area contributed by atoms with Crippen LogP contribution in [0.3, 0.4) is 0 Å². The molecule has 0 aliphatic heterocycles. The summed E-state index contributed by atoms with van der Waals surface area (Å²) in [4.78, 5) is 4.50. The van der Waals surface area contributed by atoms with Gasteiger partial charge in [-0.3, -0.25) is 0 Å². The highest BCUT2D eigenvalue weighted by atomic mass is 19.4. The Labute approximate surface area is 218 Å². The molecule has 0 amide bonds. The molecule has 0 saturated heterocycles. The van der Waals surface area contributed by atoms with Crippen molar-refractivity contribution in [3.05, 3.63) is 65.2 Å². The fourth-order valence-corrected chi connectivity index (χ4v) is 6.30. The zero-order valence-corrected chi connectivity index (χ0v) is 21.3. The van der Waals surface area contributed by atoms with Gasteiger partial charge >= 0.3 is 6.18 Å². The maximum absolute atomic E-state index is 14.1. The molecule has 2 aliphatic carbocycles. The van der Waals surface area contributed by atoms with Crippen LogP contribution >= 0.6 is 0 Å². The van der Waals surface area contributed by atoms with Gasteiger partial charge in [0.1, 0.15) is 23.2 Å². The van der Waals surface area contributed by atoms with Crippen LogP contribution < -0.4 is 5.32 Å². The third-order valence-electron chi connectivity index (χ3n) is 8.10. The molecule has 0 radical (unpaired) electrons. The van der Waals surface area contributed by atoms with Gasteiger partial charge in [0.05, 0.1) is 11.5 Å². The maximum atomic E-state index is 14.1. The summed E-state index contributed by atoms with van der Waals surface area (Å²) in [6, 6.07) is 10.3. The van der Waals surface area contributed by atoms with Crippen LogP contribution in [0, 0.1) is 5.92 Å². The van der Waals surface area contributed by atoms with Crippen molar-refractivity contribution in [2.75, 3.05) is 0 Å². The second-order valence-electron chi connectivity index (χ2n) is 10.9. The van der Waals surface area contributed by atoms with E-state index in [4.69, 9.17) is 4.42 Å². The molecule has 2 fully saturated rings. The van der Waals surface area contributed by atoms with Crippen LogP contribution in [0.1, 0.15) is 61.5 Å². The summed E-state index contributed by atoms with van der Waals surface area (Å²) in [5.74, 6) is 1.53. The first-order valence-electron chi connectivity index (χ1n) is 13.0. The minimum Gasteiger partial charge on any atom is -0.435 e. The first-order chi connectivity index (χ1) is 18.1. The van der Waals surface area contributed by atoms with Crippen LogP contribution in [0.15, 0.2) is 47.1 Å². The fraction of sp³-hybridized carbons (Fsp3) is 0.464. The van der Waals surface area contributed by atoms with Crippen molar-refractivity contribution in [2.45, 2.75) is 69.3 Å². The molecular formula is C28H30F3N5O2. The summed E-state index contributed by atoms with van der Waals surface area (Å²) < 4.78 is 49.9. The molecule has 200 valence electrons. The van der Waals surface area contributed by atoms with Crippen LogP contribution in [0.2, 0.25) is 0 Å². The zero-order chi connectivity index (χ0) is 26.7. The molecule has 2 heterocycles. The number of nitrogens with one attached hydrogen (secondary N) is 1. The van der Waals surface area contributed by atoms with Crippen LogP contribution in [0.4, 0.5) is 13.2 Å². The van der Waals surface area contributed by atoms with E-state index in [-0.39, 0.29) is 35.0 Å². The van der Waals surface area contributed by atoms with Gasteiger partial charge in [0.15, 0.2) is 5.58 Å². The van der Waals surface area contributed by atoms with Gasteiger partial charge in [0.2, 0.25) is 5.89 Å². The number of alkyl halides is 3. The summed E-state index contributed by atoms with van der Waals surface area (Å²) in [5.41, 5.74) is 0.795. The number of aryl methyl sites for hydroxylation is 1. The quantitative estimate of drug-likeness (QED) is 0.352. The van der Waals surface area contributed by atoms with E-state index in [0.717, 1.165) is 43.1 Å². The topological polar surface area (TPSA) is 89.0 Å². The van der Waals surface area contributed by atoms with Crippen LogP contribution in [0.25, 0.3) is 22.6 Å². The fourth-order valence-electron chi connectivity index (χ4n) is 6.30. The van der Waals surface area contributed by atoms with E-state index in [2.05, 4.69) is 27.4 Å². The number of hydrogen-bond acceptors (Lipinski definition) is 6. The van der Waals surface area contributed by atoms with E-state index in [1.165, 1.54) is 0 Å². The highest BCUT2D eigenvalue weighted by Crippen LogP contribution is 2.52. The molecule has 0 bridgehead atoms. The van der Waals surface area contributed by atoms with Crippen molar-refractivity contribution in [1.82, 2.24) is 25.1 Å². The summed E-state index contributed by atoms with van der Waals surface area (Å²) >= 11 is 0. The lowest BCUT2D eigenvalue weighted by Crippen LogP contribution is -2.43. The number of rotatable bonds is 6. The van der Waals surface area contributed by atoms with Crippen molar-refractivity contribution in [3.63, 3.8) is 0 Å². The second kappa shape index (κ2) is 9.20. The lowest BCUT2D eigenvalue weighted by Gasteiger charge is -2.46. The van der Waals surface area contributed by atoms with E-state index in [1.54, 1.807) is 18.5 Å². The molecular weight excluding hydrogens is 495 g/mol. The standard InChI is InChI=1S/C28H30F3N5O2/c1-16-12-27(13-16,26-35-33-15-36(26)2)19-6-3-5-18(11-19)25-34-22-10-17(14-32-21-7-4-8-23(21)37)9-20(24(22)38-25)28(29,30)31/h3,5-6,9-11,15-16,21,23,32,37H,4,7-8,12-14H2,1-2H3/t16?,21-,23+,27?/m1/s1. The predicted molar refractivity (Wildman–Crippen MR) is 135 cm³/mol. The largest absolute Gasteiger partial charge is 0.435 e. The van der Waals surface area contributed by atoms with Gasteiger partial charge in [0, 0.05) is 25.2 Å². The molecule has 2 aromatic heterocycles. The Kier molecular flexibility index (Phi) is 6.07. The van der Waals surface area contributed by atoms with Gasteiger partial charge in [0.25, 0.3) is 0 Å². The molecule has 10 heteroatoms. The van der Waals surface area contributed by atoms with E-state index >= 15 is 0 Å². The molecule has 4 aromatic rings. The van der Waals surface area contributed by atoms with Crippen LogP contribution in [-0.4, -0.2) is 37.0 Å². The third kappa shape index (κ3) is 4.29. The highest BCUT2D eigenvalue weighted by Gasteiger charge is 2.48. The SMILES string of the molecule is CC1CC(c2cccc(-c3nc4cc(CN[C@@H]5CCC[C@@H]5O)cc(C(F)(F)F)c4o3)c2)(c2nncn2C)C1. The van der Waals surface area contributed by atoms with Crippen molar-refractivity contribution in [1.29, 1.82) is 0 Å². The zero-order valence-electron chi connectivity index (χ0n) is 21.3. The van der Waals surface area contributed by atoms with Crippen molar-refractivity contribution >= 4 is 11.1 Å². The first-order valence-corrected chi connectivity index (χ1v) is 13.0. The Hall–Kier alpha value is -3.24. The monoisotopic (exact) mass is 525 g/mol. The number of aliphatic hydroxyl groups excluding tert-OH is 1. The molecule has 0 spiro atoms.